The van der Waals surface area contributed by atoms with E-state index < -0.39 is 0 Å². The van der Waals surface area contributed by atoms with Crippen molar-refractivity contribution in [1.29, 1.82) is 0 Å². The van der Waals surface area contributed by atoms with Crippen molar-refractivity contribution >= 4 is 17.5 Å². The van der Waals surface area contributed by atoms with Gasteiger partial charge in [-0.15, -0.1) is 0 Å². The van der Waals surface area contributed by atoms with Gasteiger partial charge in [0.2, 0.25) is 0 Å². The first-order valence-corrected chi connectivity index (χ1v) is 6.63. The van der Waals surface area contributed by atoms with Gasteiger partial charge in [-0.2, -0.15) is 0 Å². The lowest BCUT2D eigenvalue weighted by atomic mass is 10.1. The van der Waals surface area contributed by atoms with E-state index in [-0.39, 0.29) is 5.78 Å². The van der Waals surface area contributed by atoms with Gasteiger partial charge in [-0.25, -0.2) is 0 Å². The lowest BCUT2D eigenvalue weighted by molar-refractivity contribution is 0.104. The van der Waals surface area contributed by atoms with Gasteiger partial charge in [-0.05, 0) is 30.7 Å². The highest BCUT2D eigenvalue weighted by Gasteiger charge is 2.09. The summed E-state index contributed by atoms with van der Waals surface area (Å²) in [5.74, 6) is 0.0230. The Kier molecular flexibility index (Phi) is 4.36. The minimum absolute atomic E-state index is 0.0230. The highest BCUT2D eigenvalue weighted by molar-refractivity contribution is 6.10. The monoisotopic (exact) mass is 265 g/mol. The summed E-state index contributed by atoms with van der Waals surface area (Å²) in [6, 6.07) is 15.7. The molecule has 0 N–H and O–H groups in total. The first kappa shape index (κ1) is 14.1. The minimum Gasteiger partial charge on any atom is -0.377 e. The Morgan fingerprint density at radius 2 is 1.65 bits per heavy atom. The number of allylic oxidation sites excluding steroid dienone is 1. The molecule has 0 fully saturated rings. The van der Waals surface area contributed by atoms with E-state index in [9.17, 15) is 4.79 Å². The molecule has 0 aliphatic rings. The van der Waals surface area contributed by atoms with Crippen molar-refractivity contribution in [2.75, 3.05) is 19.0 Å². The molecule has 102 valence electrons. The Morgan fingerprint density at radius 3 is 2.30 bits per heavy atom. The maximum atomic E-state index is 12.3. The summed E-state index contributed by atoms with van der Waals surface area (Å²) in [4.78, 5) is 14.2. The van der Waals surface area contributed by atoms with E-state index in [0.717, 1.165) is 16.8 Å². The maximum absolute atomic E-state index is 12.3. The van der Waals surface area contributed by atoms with Gasteiger partial charge in [-0.1, -0.05) is 48.0 Å². The lowest BCUT2D eigenvalue weighted by Crippen LogP contribution is -2.12. The van der Waals surface area contributed by atoms with Crippen LogP contribution in [0.3, 0.4) is 0 Å². The number of nitrogens with zero attached hydrogens (tertiary/aromatic N) is 1. The molecule has 2 aromatic rings. The molecule has 0 amide bonds. The van der Waals surface area contributed by atoms with Crippen LogP contribution in [0.1, 0.15) is 21.5 Å². The predicted octanol–water partition coefficient (Wildman–Crippen LogP) is 3.96. The molecule has 2 heteroatoms. The summed E-state index contributed by atoms with van der Waals surface area (Å²) in [5.41, 5.74) is 3.91. The molecule has 2 nitrogen and oxygen atoms in total. The number of hydrogen-bond acceptors (Lipinski definition) is 2. The quantitative estimate of drug-likeness (QED) is 0.616. The molecule has 2 rings (SSSR count). The van der Waals surface area contributed by atoms with Crippen molar-refractivity contribution in [3.8, 4) is 0 Å². The first-order chi connectivity index (χ1) is 9.58. The van der Waals surface area contributed by atoms with Crippen LogP contribution >= 0.6 is 0 Å². The molecular formula is C18H19NO. The van der Waals surface area contributed by atoms with E-state index in [1.54, 1.807) is 6.08 Å². The average molecular weight is 265 g/mol. The van der Waals surface area contributed by atoms with E-state index in [2.05, 4.69) is 0 Å². The summed E-state index contributed by atoms with van der Waals surface area (Å²) >= 11 is 0. The Hall–Kier alpha value is -2.35. The van der Waals surface area contributed by atoms with Crippen molar-refractivity contribution in [2.24, 2.45) is 0 Å². The van der Waals surface area contributed by atoms with Crippen molar-refractivity contribution in [3.05, 3.63) is 71.3 Å². The van der Waals surface area contributed by atoms with Crippen LogP contribution in [0.25, 0.3) is 6.08 Å². The van der Waals surface area contributed by atoms with Crippen molar-refractivity contribution in [2.45, 2.75) is 6.92 Å². The fourth-order valence-corrected chi connectivity index (χ4v) is 2.01. The molecule has 0 aliphatic carbocycles. The van der Waals surface area contributed by atoms with Gasteiger partial charge in [0.05, 0.1) is 0 Å². The largest absolute Gasteiger partial charge is 0.377 e. The molecule has 0 radical (unpaired) electrons. The summed E-state index contributed by atoms with van der Waals surface area (Å²) in [7, 11) is 3.88. The van der Waals surface area contributed by atoms with Crippen molar-refractivity contribution in [1.82, 2.24) is 0 Å². The molecule has 2 aromatic carbocycles. The molecule has 0 saturated carbocycles. The molecular weight excluding hydrogens is 246 g/mol. The fraction of sp³-hybridized carbons (Fsp3) is 0.167. The van der Waals surface area contributed by atoms with Crippen LogP contribution in [0, 0.1) is 6.92 Å². The summed E-state index contributed by atoms with van der Waals surface area (Å²) < 4.78 is 0. The second kappa shape index (κ2) is 6.20. The first-order valence-electron chi connectivity index (χ1n) is 6.63. The summed E-state index contributed by atoms with van der Waals surface area (Å²) in [5, 5.41) is 0. The number of para-hydroxylation sites is 1. The highest BCUT2D eigenvalue weighted by atomic mass is 16.1. The van der Waals surface area contributed by atoms with Crippen LogP contribution in [-0.2, 0) is 0 Å². The number of hydrogen-bond donors (Lipinski definition) is 0. The molecule has 0 aliphatic heterocycles. The number of aryl methyl sites for hydroxylation is 1. The van der Waals surface area contributed by atoms with Crippen molar-refractivity contribution < 1.29 is 4.79 Å². The number of anilines is 1. The second-order valence-corrected chi connectivity index (χ2v) is 5.02. The smallest absolute Gasteiger partial charge is 0.187 e. The van der Waals surface area contributed by atoms with E-state index in [1.807, 2.05) is 80.5 Å². The number of rotatable bonds is 4. The van der Waals surface area contributed by atoms with Gasteiger partial charge >= 0.3 is 0 Å². The van der Waals surface area contributed by atoms with Crippen molar-refractivity contribution in [3.63, 3.8) is 0 Å². The van der Waals surface area contributed by atoms with Crippen LogP contribution in [0.5, 0.6) is 0 Å². The normalized spacial score (nSPS) is 10.8. The van der Waals surface area contributed by atoms with Gasteiger partial charge in [0.15, 0.2) is 5.78 Å². The molecule has 0 spiro atoms. The third-order valence-corrected chi connectivity index (χ3v) is 3.16. The number of carbonyl (C=O) groups is 1. The van der Waals surface area contributed by atoms with Crippen LogP contribution in [0.15, 0.2) is 54.6 Å². The summed E-state index contributed by atoms with van der Waals surface area (Å²) in [6.07, 6.45) is 3.49. The molecule has 0 unspecified atom stereocenters. The molecule has 0 bridgehead atoms. The van der Waals surface area contributed by atoms with Crippen LogP contribution in [-0.4, -0.2) is 19.9 Å². The van der Waals surface area contributed by atoms with E-state index in [0.29, 0.717) is 0 Å². The lowest BCUT2D eigenvalue weighted by Gasteiger charge is -2.15. The Balaban J connectivity index is 2.22. The molecule has 20 heavy (non-hydrogen) atoms. The zero-order valence-corrected chi connectivity index (χ0v) is 12.1. The third kappa shape index (κ3) is 3.35. The number of carbonyl (C=O) groups excluding carboxylic acids is 1. The van der Waals surface area contributed by atoms with Crippen LogP contribution in [0.4, 0.5) is 5.69 Å². The Labute approximate surface area is 120 Å². The average Bonchev–Trinajstić information content (AvgIpc) is 2.46. The van der Waals surface area contributed by atoms with Gasteiger partial charge in [0.1, 0.15) is 0 Å². The zero-order chi connectivity index (χ0) is 14.5. The zero-order valence-electron chi connectivity index (χ0n) is 12.1. The van der Waals surface area contributed by atoms with Gasteiger partial charge in [0, 0.05) is 25.3 Å². The second-order valence-electron chi connectivity index (χ2n) is 5.02. The van der Waals surface area contributed by atoms with E-state index >= 15 is 0 Å². The van der Waals surface area contributed by atoms with Gasteiger partial charge in [-0.3, -0.25) is 4.79 Å². The maximum Gasteiger partial charge on any atom is 0.187 e. The Bertz CT molecular complexity index is 624. The molecule has 0 saturated heterocycles. The van der Waals surface area contributed by atoms with Gasteiger partial charge < -0.3 is 4.90 Å². The van der Waals surface area contributed by atoms with Crippen LogP contribution in [0.2, 0.25) is 0 Å². The fourth-order valence-electron chi connectivity index (χ4n) is 2.01. The third-order valence-electron chi connectivity index (χ3n) is 3.16. The molecule has 0 aromatic heterocycles. The number of benzene rings is 2. The predicted molar refractivity (Wildman–Crippen MR) is 85.3 cm³/mol. The number of ketones is 1. The van der Waals surface area contributed by atoms with E-state index in [4.69, 9.17) is 0 Å². The SMILES string of the molecule is Cc1ccc(C=CC(=O)c2ccccc2N(C)C)cc1. The van der Waals surface area contributed by atoms with Crippen LogP contribution < -0.4 is 4.90 Å². The minimum atomic E-state index is 0.0230. The topological polar surface area (TPSA) is 20.3 Å². The van der Waals surface area contributed by atoms with Gasteiger partial charge in [0.25, 0.3) is 0 Å². The standard InChI is InChI=1S/C18H19NO/c1-14-8-10-15(11-9-14)12-13-18(20)16-6-4-5-7-17(16)19(2)3/h4-13H,1-3H3. The highest BCUT2D eigenvalue weighted by Crippen LogP contribution is 2.19. The summed E-state index contributed by atoms with van der Waals surface area (Å²) in [6.45, 7) is 2.05. The molecule has 0 heterocycles. The van der Waals surface area contributed by atoms with E-state index in [1.165, 1.54) is 5.56 Å². The molecule has 0 atom stereocenters. The Morgan fingerprint density at radius 1 is 1.00 bits per heavy atom.